The maximum absolute atomic E-state index is 12.6. The molecule has 0 bridgehead atoms. The lowest BCUT2D eigenvalue weighted by atomic mass is 9.93. The Hall–Kier alpha value is -1.40. The lowest BCUT2D eigenvalue weighted by Gasteiger charge is -2.49. The van der Waals surface area contributed by atoms with Gasteiger partial charge in [0, 0.05) is 69.8 Å². The number of anilines is 1. The van der Waals surface area contributed by atoms with Crippen molar-refractivity contribution < 1.29 is 0 Å². The van der Waals surface area contributed by atoms with Gasteiger partial charge < -0.3 is 9.47 Å². The van der Waals surface area contributed by atoms with Gasteiger partial charge in [0.25, 0.3) is 5.56 Å². The number of hydrogen-bond acceptors (Lipinski definition) is 5. The summed E-state index contributed by atoms with van der Waals surface area (Å²) in [5.74, 6) is 0.663. The van der Waals surface area contributed by atoms with Crippen LogP contribution in [0.2, 0.25) is 0 Å². The fraction of sp³-hybridized carbons (Fsp3) is 0.800. The van der Waals surface area contributed by atoms with Crippen molar-refractivity contribution in [2.24, 2.45) is 0 Å². The number of aromatic nitrogens is 2. The maximum Gasteiger partial charge on any atom is 0.293 e. The van der Waals surface area contributed by atoms with Gasteiger partial charge in [-0.05, 0) is 25.7 Å². The Morgan fingerprint density at radius 1 is 0.808 bits per heavy atom. The van der Waals surface area contributed by atoms with Gasteiger partial charge in [-0.2, -0.15) is 0 Å². The van der Waals surface area contributed by atoms with Gasteiger partial charge >= 0.3 is 0 Å². The molecule has 0 radical (unpaired) electrons. The number of nitrogens with zero attached hydrogens (tertiary/aromatic N) is 5. The molecule has 2 saturated heterocycles. The zero-order chi connectivity index (χ0) is 17.5. The van der Waals surface area contributed by atoms with Crippen molar-refractivity contribution in [3.8, 4) is 0 Å². The standard InChI is InChI=1S/C20H31N5O/c26-20-19(21-8-9-25(20)17-6-7-17)24-14-18(15-24)23-12-10-22(11-13-23)16-4-2-1-3-5-16/h8-9,16-18H,1-7,10-15H2. The Bertz CT molecular complexity index is 680. The molecule has 0 amide bonds. The molecular weight excluding hydrogens is 326 g/mol. The van der Waals surface area contributed by atoms with Gasteiger partial charge in [0.2, 0.25) is 0 Å². The zero-order valence-electron chi connectivity index (χ0n) is 15.7. The van der Waals surface area contributed by atoms with Crippen molar-refractivity contribution in [2.45, 2.75) is 63.1 Å². The zero-order valence-corrected chi connectivity index (χ0v) is 15.7. The van der Waals surface area contributed by atoms with Gasteiger partial charge in [0.05, 0.1) is 0 Å². The van der Waals surface area contributed by atoms with E-state index in [0.717, 1.165) is 32.0 Å². The first-order valence-corrected chi connectivity index (χ1v) is 10.6. The summed E-state index contributed by atoms with van der Waals surface area (Å²) in [5.41, 5.74) is 0.107. The molecule has 6 heteroatoms. The van der Waals surface area contributed by atoms with E-state index >= 15 is 0 Å². The number of rotatable bonds is 4. The Labute approximate surface area is 155 Å². The molecule has 142 valence electrons. The average Bonchev–Trinajstić information content (AvgIpc) is 3.48. The molecule has 4 aliphatic rings. The Balaban J connectivity index is 1.14. The molecule has 2 aliphatic carbocycles. The van der Waals surface area contributed by atoms with Crippen molar-refractivity contribution in [1.82, 2.24) is 19.4 Å². The molecule has 0 spiro atoms. The summed E-state index contributed by atoms with van der Waals surface area (Å²) in [5, 5.41) is 0. The number of hydrogen-bond donors (Lipinski definition) is 0. The molecule has 4 fully saturated rings. The third-order valence-electron chi connectivity index (χ3n) is 6.91. The Kier molecular flexibility index (Phi) is 4.49. The van der Waals surface area contributed by atoms with E-state index in [1.165, 1.54) is 58.3 Å². The largest absolute Gasteiger partial charge is 0.349 e. The van der Waals surface area contributed by atoms with E-state index in [1.54, 1.807) is 6.20 Å². The van der Waals surface area contributed by atoms with Crippen LogP contribution in [0.5, 0.6) is 0 Å². The predicted molar refractivity (Wildman–Crippen MR) is 103 cm³/mol. The molecule has 0 unspecified atom stereocenters. The van der Waals surface area contributed by atoms with Crippen LogP contribution in [0.4, 0.5) is 5.82 Å². The minimum atomic E-state index is 0.107. The molecule has 6 nitrogen and oxygen atoms in total. The molecular formula is C20H31N5O. The quantitative estimate of drug-likeness (QED) is 0.821. The summed E-state index contributed by atoms with van der Waals surface area (Å²) in [6.07, 6.45) is 13.0. The fourth-order valence-electron chi connectivity index (χ4n) is 5.04. The highest BCUT2D eigenvalue weighted by Gasteiger charge is 2.37. The summed E-state index contributed by atoms with van der Waals surface area (Å²) in [7, 11) is 0. The van der Waals surface area contributed by atoms with Crippen molar-refractivity contribution in [2.75, 3.05) is 44.2 Å². The van der Waals surface area contributed by atoms with E-state index in [0.29, 0.717) is 17.9 Å². The monoisotopic (exact) mass is 357 g/mol. The van der Waals surface area contributed by atoms with Crippen LogP contribution in [0.3, 0.4) is 0 Å². The third-order valence-corrected chi connectivity index (χ3v) is 6.91. The molecule has 5 rings (SSSR count). The van der Waals surface area contributed by atoms with Gasteiger partial charge in [-0.1, -0.05) is 19.3 Å². The normalized spacial score (nSPS) is 26.8. The SMILES string of the molecule is O=c1c(N2CC(N3CCN(C4CCCCC4)CC3)C2)nccn1C1CC1. The first-order valence-electron chi connectivity index (χ1n) is 10.6. The second-order valence-electron chi connectivity index (χ2n) is 8.62. The van der Waals surface area contributed by atoms with Crippen LogP contribution >= 0.6 is 0 Å². The van der Waals surface area contributed by atoms with Gasteiger partial charge in [-0.15, -0.1) is 0 Å². The minimum absolute atomic E-state index is 0.107. The molecule has 0 N–H and O–H groups in total. The van der Waals surface area contributed by atoms with E-state index in [-0.39, 0.29) is 5.56 Å². The second kappa shape index (κ2) is 6.97. The highest BCUT2D eigenvalue weighted by molar-refractivity contribution is 5.40. The van der Waals surface area contributed by atoms with Crippen LogP contribution in [0.25, 0.3) is 0 Å². The second-order valence-corrected chi connectivity index (χ2v) is 8.62. The Morgan fingerprint density at radius 2 is 1.46 bits per heavy atom. The van der Waals surface area contributed by atoms with Gasteiger partial charge in [0.1, 0.15) is 0 Å². The van der Waals surface area contributed by atoms with Crippen LogP contribution in [0.1, 0.15) is 51.0 Å². The van der Waals surface area contributed by atoms with E-state index < -0.39 is 0 Å². The minimum Gasteiger partial charge on any atom is -0.349 e. The summed E-state index contributed by atoms with van der Waals surface area (Å²) in [6.45, 7) is 6.73. The van der Waals surface area contributed by atoms with Crippen LogP contribution in [0, 0.1) is 0 Å². The molecule has 2 aliphatic heterocycles. The average molecular weight is 358 g/mol. The summed E-state index contributed by atoms with van der Waals surface area (Å²) >= 11 is 0. The third kappa shape index (κ3) is 3.18. The van der Waals surface area contributed by atoms with E-state index in [2.05, 4.69) is 19.7 Å². The smallest absolute Gasteiger partial charge is 0.293 e. The van der Waals surface area contributed by atoms with Crippen molar-refractivity contribution in [3.05, 3.63) is 22.7 Å². The first kappa shape index (κ1) is 16.8. The van der Waals surface area contributed by atoms with Crippen LogP contribution < -0.4 is 10.5 Å². The van der Waals surface area contributed by atoms with Crippen molar-refractivity contribution in [3.63, 3.8) is 0 Å². The predicted octanol–water partition coefficient (Wildman–Crippen LogP) is 1.72. The maximum atomic E-state index is 12.6. The highest BCUT2D eigenvalue weighted by atomic mass is 16.1. The molecule has 3 heterocycles. The fourth-order valence-corrected chi connectivity index (χ4v) is 5.04. The van der Waals surface area contributed by atoms with Crippen LogP contribution in [-0.2, 0) is 0 Å². The molecule has 26 heavy (non-hydrogen) atoms. The molecule has 0 aromatic carbocycles. The summed E-state index contributed by atoms with van der Waals surface area (Å²) < 4.78 is 1.89. The topological polar surface area (TPSA) is 44.6 Å². The molecule has 2 saturated carbocycles. The van der Waals surface area contributed by atoms with E-state index in [1.807, 2.05) is 10.8 Å². The Morgan fingerprint density at radius 3 is 2.12 bits per heavy atom. The lowest BCUT2D eigenvalue weighted by molar-refractivity contribution is 0.0486. The summed E-state index contributed by atoms with van der Waals surface area (Å²) in [6, 6.07) is 1.87. The lowest BCUT2D eigenvalue weighted by Crippen LogP contribution is -2.64. The number of piperazine rings is 1. The highest BCUT2D eigenvalue weighted by Crippen LogP contribution is 2.33. The van der Waals surface area contributed by atoms with Gasteiger partial charge in [0.15, 0.2) is 5.82 Å². The van der Waals surface area contributed by atoms with Crippen molar-refractivity contribution >= 4 is 5.82 Å². The van der Waals surface area contributed by atoms with Crippen molar-refractivity contribution in [1.29, 1.82) is 0 Å². The molecule has 0 atom stereocenters. The molecule has 1 aromatic heterocycles. The van der Waals surface area contributed by atoms with Crippen LogP contribution in [-0.4, -0.2) is 70.7 Å². The first-order chi connectivity index (χ1) is 12.8. The van der Waals surface area contributed by atoms with Crippen LogP contribution in [0.15, 0.2) is 17.2 Å². The molecule has 1 aromatic rings. The van der Waals surface area contributed by atoms with Gasteiger partial charge in [-0.25, -0.2) is 4.98 Å². The van der Waals surface area contributed by atoms with E-state index in [9.17, 15) is 4.79 Å². The van der Waals surface area contributed by atoms with E-state index in [4.69, 9.17) is 0 Å². The summed E-state index contributed by atoms with van der Waals surface area (Å²) in [4.78, 5) is 24.6. The van der Waals surface area contributed by atoms with Gasteiger partial charge in [-0.3, -0.25) is 14.6 Å².